The number of ether oxygens (including phenoxy) is 4. The summed E-state index contributed by atoms with van der Waals surface area (Å²) < 4.78 is 21.5. The second-order valence-electron chi connectivity index (χ2n) is 8.25. The molecule has 9 heteroatoms. The molecule has 0 radical (unpaired) electrons. The highest BCUT2D eigenvalue weighted by molar-refractivity contribution is 6.24. The third kappa shape index (κ3) is 7.29. The van der Waals surface area contributed by atoms with E-state index in [0.717, 1.165) is 10.5 Å². The number of terminal acetylenes is 1. The molecule has 2 aliphatic rings. The molecule has 0 saturated heterocycles. The number of ketones is 2. The molecule has 188 valence electrons. The van der Waals surface area contributed by atoms with Crippen LogP contribution >= 0.6 is 0 Å². The summed E-state index contributed by atoms with van der Waals surface area (Å²) >= 11 is 0. The first-order valence-corrected chi connectivity index (χ1v) is 11.8. The molecule has 1 aromatic carbocycles. The predicted molar refractivity (Wildman–Crippen MR) is 125 cm³/mol. The second-order valence-corrected chi connectivity index (χ2v) is 8.25. The van der Waals surface area contributed by atoms with Crippen molar-refractivity contribution in [1.29, 1.82) is 0 Å². The molecule has 0 aromatic heterocycles. The van der Waals surface area contributed by atoms with E-state index >= 15 is 0 Å². The third-order valence-electron chi connectivity index (χ3n) is 5.82. The maximum Gasteiger partial charge on any atom is 0.262 e. The standard InChI is InChI=1S/C26H31NO8/c1-2-10-32-12-14-34-16-17-35-15-13-33-11-4-6-19-5-3-7-21-24(19)26(31)27(25(21)30)22-9-8-20(28)18-23(22)29/h1,3,5,7,22H,4,6,8-18H2. The number of hydrogen-bond acceptors (Lipinski definition) is 8. The van der Waals surface area contributed by atoms with Crippen LogP contribution in [0, 0.1) is 12.3 Å². The molecule has 1 aromatic rings. The normalized spacial score (nSPS) is 17.7. The fourth-order valence-corrected chi connectivity index (χ4v) is 4.15. The van der Waals surface area contributed by atoms with E-state index in [1.165, 1.54) is 0 Å². The van der Waals surface area contributed by atoms with Crippen molar-refractivity contribution in [2.24, 2.45) is 0 Å². The van der Waals surface area contributed by atoms with E-state index in [0.29, 0.717) is 70.2 Å². The topological polar surface area (TPSA) is 108 Å². The van der Waals surface area contributed by atoms with Gasteiger partial charge in [-0.1, -0.05) is 18.1 Å². The van der Waals surface area contributed by atoms with Gasteiger partial charge in [0.1, 0.15) is 12.4 Å². The molecular weight excluding hydrogens is 454 g/mol. The molecule has 0 bridgehead atoms. The molecule has 1 heterocycles. The SMILES string of the molecule is C#CCOCCOCCOCCOCCCc1cccc2c1C(=O)N(C1CCC(=O)CC1=O)C2=O. The number of carbonyl (C=O) groups is 4. The van der Waals surface area contributed by atoms with Crippen molar-refractivity contribution in [1.82, 2.24) is 4.90 Å². The van der Waals surface area contributed by atoms with E-state index in [2.05, 4.69) is 5.92 Å². The Balaban J connectivity index is 1.36. The Morgan fingerprint density at radius 3 is 2.20 bits per heavy atom. The fourth-order valence-electron chi connectivity index (χ4n) is 4.15. The zero-order valence-corrected chi connectivity index (χ0v) is 19.8. The van der Waals surface area contributed by atoms with Crippen LogP contribution in [0.15, 0.2) is 18.2 Å². The average Bonchev–Trinajstić information content (AvgIpc) is 3.10. The number of carbonyl (C=O) groups excluding carboxylic acids is 4. The Bertz CT molecular complexity index is 967. The van der Waals surface area contributed by atoms with E-state index in [1.54, 1.807) is 12.1 Å². The maximum atomic E-state index is 13.1. The van der Waals surface area contributed by atoms with Crippen molar-refractivity contribution in [2.45, 2.75) is 38.1 Å². The van der Waals surface area contributed by atoms with Crippen LogP contribution in [-0.4, -0.2) is 87.2 Å². The minimum absolute atomic E-state index is 0.149. The van der Waals surface area contributed by atoms with Crippen molar-refractivity contribution in [3.63, 3.8) is 0 Å². The van der Waals surface area contributed by atoms with E-state index in [9.17, 15) is 19.2 Å². The van der Waals surface area contributed by atoms with Gasteiger partial charge in [0.15, 0.2) is 5.78 Å². The first kappa shape index (κ1) is 26.7. The van der Waals surface area contributed by atoms with Gasteiger partial charge in [-0.25, -0.2) is 0 Å². The highest BCUT2D eigenvalue weighted by Crippen LogP contribution is 2.31. The first-order chi connectivity index (χ1) is 17.0. The number of nitrogens with zero attached hydrogens (tertiary/aromatic N) is 1. The highest BCUT2D eigenvalue weighted by Gasteiger charge is 2.45. The van der Waals surface area contributed by atoms with Crippen LogP contribution in [0.4, 0.5) is 0 Å². The summed E-state index contributed by atoms with van der Waals surface area (Å²) in [5, 5.41) is 0. The number of aryl methyl sites for hydroxylation is 1. The van der Waals surface area contributed by atoms with E-state index in [4.69, 9.17) is 25.4 Å². The molecule has 9 nitrogen and oxygen atoms in total. The van der Waals surface area contributed by atoms with Crippen LogP contribution in [0.5, 0.6) is 0 Å². The molecule has 1 aliphatic carbocycles. The Hall–Kier alpha value is -2.90. The molecule has 35 heavy (non-hydrogen) atoms. The number of hydrogen-bond donors (Lipinski definition) is 0. The van der Waals surface area contributed by atoms with Crippen LogP contribution in [0.3, 0.4) is 0 Å². The number of fused-ring (bicyclic) bond motifs is 1. The molecule has 1 fully saturated rings. The zero-order valence-electron chi connectivity index (χ0n) is 19.8. The Morgan fingerprint density at radius 1 is 0.886 bits per heavy atom. The first-order valence-electron chi connectivity index (χ1n) is 11.8. The molecule has 1 saturated carbocycles. The summed E-state index contributed by atoms with van der Waals surface area (Å²) in [5.41, 5.74) is 1.43. The number of amides is 2. The molecule has 1 aliphatic heterocycles. The van der Waals surface area contributed by atoms with Gasteiger partial charge in [-0.15, -0.1) is 6.42 Å². The average molecular weight is 486 g/mol. The summed E-state index contributed by atoms with van der Waals surface area (Å²) in [7, 11) is 0. The van der Waals surface area contributed by atoms with Crippen LogP contribution in [0.1, 0.15) is 52.0 Å². The molecule has 2 amide bonds. The summed E-state index contributed by atoms with van der Waals surface area (Å²) in [6, 6.07) is 4.32. The van der Waals surface area contributed by atoms with E-state index in [-0.39, 0.29) is 37.4 Å². The van der Waals surface area contributed by atoms with Crippen LogP contribution < -0.4 is 0 Å². The Kier molecular flexibility index (Phi) is 10.6. The molecular formula is C26H31NO8. The van der Waals surface area contributed by atoms with Gasteiger partial charge in [-0.05, 0) is 30.9 Å². The van der Waals surface area contributed by atoms with Crippen molar-refractivity contribution in [3.8, 4) is 12.3 Å². The number of Topliss-reactive ketones (excluding diaryl/α,β-unsaturated/α-hetero) is 2. The monoisotopic (exact) mass is 485 g/mol. The minimum Gasteiger partial charge on any atom is -0.379 e. The van der Waals surface area contributed by atoms with Crippen LogP contribution in [0.25, 0.3) is 0 Å². The summed E-state index contributed by atoms with van der Waals surface area (Å²) in [6.07, 6.45) is 6.47. The van der Waals surface area contributed by atoms with Gasteiger partial charge in [0.2, 0.25) is 0 Å². The van der Waals surface area contributed by atoms with Gasteiger partial charge in [0, 0.05) is 13.0 Å². The lowest BCUT2D eigenvalue weighted by Gasteiger charge is -2.27. The molecule has 1 unspecified atom stereocenters. The van der Waals surface area contributed by atoms with Crippen molar-refractivity contribution < 1.29 is 38.1 Å². The lowest BCUT2D eigenvalue weighted by atomic mass is 9.92. The Labute approximate surface area is 205 Å². The van der Waals surface area contributed by atoms with Crippen molar-refractivity contribution in [2.75, 3.05) is 52.9 Å². The van der Waals surface area contributed by atoms with Crippen LogP contribution in [-0.2, 0) is 35.0 Å². The van der Waals surface area contributed by atoms with E-state index < -0.39 is 17.9 Å². The van der Waals surface area contributed by atoms with Gasteiger partial charge in [-0.3, -0.25) is 24.1 Å². The summed E-state index contributed by atoms with van der Waals surface area (Å²) in [5.74, 6) is 0.952. The lowest BCUT2D eigenvalue weighted by Crippen LogP contribution is -2.47. The lowest BCUT2D eigenvalue weighted by molar-refractivity contribution is -0.132. The number of benzene rings is 1. The Morgan fingerprint density at radius 2 is 1.54 bits per heavy atom. The second kappa shape index (κ2) is 13.9. The molecule has 0 spiro atoms. The van der Waals surface area contributed by atoms with Gasteiger partial charge in [0.25, 0.3) is 11.8 Å². The van der Waals surface area contributed by atoms with Crippen molar-refractivity contribution >= 4 is 23.4 Å². The maximum absolute atomic E-state index is 13.1. The fraction of sp³-hybridized carbons (Fsp3) is 0.538. The van der Waals surface area contributed by atoms with Gasteiger partial charge >= 0.3 is 0 Å². The van der Waals surface area contributed by atoms with Gasteiger partial charge in [-0.2, -0.15) is 0 Å². The van der Waals surface area contributed by atoms with E-state index in [1.807, 2.05) is 6.07 Å². The number of imide groups is 1. The van der Waals surface area contributed by atoms with Crippen molar-refractivity contribution in [3.05, 3.63) is 34.9 Å². The molecule has 1 atom stereocenters. The van der Waals surface area contributed by atoms with Crippen LogP contribution in [0.2, 0.25) is 0 Å². The largest absolute Gasteiger partial charge is 0.379 e. The third-order valence-corrected chi connectivity index (χ3v) is 5.82. The highest BCUT2D eigenvalue weighted by atomic mass is 16.6. The predicted octanol–water partition coefficient (Wildman–Crippen LogP) is 1.61. The van der Waals surface area contributed by atoms with Gasteiger partial charge in [0.05, 0.1) is 63.2 Å². The summed E-state index contributed by atoms with van der Waals surface area (Å²) in [6.45, 7) is 3.47. The summed E-state index contributed by atoms with van der Waals surface area (Å²) in [4.78, 5) is 50.9. The minimum atomic E-state index is -0.858. The zero-order chi connectivity index (χ0) is 25.0. The molecule has 0 N–H and O–H groups in total. The quantitative estimate of drug-likeness (QED) is 0.160. The smallest absolute Gasteiger partial charge is 0.262 e. The number of rotatable bonds is 15. The molecule has 3 rings (SSSR count). The van der Waals surface area contributed by atoms with Gasteiger partial charge < -0.3 is 18.9 Å².